The molecule has 0 spiro atoms. The molecule has 0 bridgehead atoms. The van der Waals surface area contributed by atoms with Gasteiger partial charge in [0.25, 0.3) is 0 Å². The van der Waals surface area contributed by atoms with Crippen LogP contribution in [0.3, 0.4) is 0 Å². The quantitative estimate of drug-likeness (QED) is 0.544. The molecule has 4 heteroatoms. The summed E-state index contributed by atoms with van der Waals surface area (Å²) in [5, 5.41) is 0.572. The summed E-state index contributed by atoms with van der Waals surface area (Å²) in [6.07, 6.45) is 0. The smallest absolute Gasteiger partial charge is 0.223 e. The molecule has 0 amide bonds. The van der Waals surface area contributed by atoms with Crippen LogP contribution in [0.25, 0.3) is 4.85 Å². The van der Waals surface area contributed by atoms with E-state index in [0.717, 1.165) is 10.0 Å². The number of hydrogen-bond acceptors (Lipinski definition) is 0. The summed E-state index contributed by atoms with van der Waals surface area (Å²) >= 11 is 6.46. The second-order valence-corrected chi connectivity index (χ2v) is 3.56. The Labute approximate surface area is 86.7 Å². The van der Waals surface area contributed by atoms with E-state index in [1.54, 1.807) is 0 Å². The Kier molecular flexibility index (Phi) is 3.24. The third kappa shape index (κ3) is 1.85. The van der Waals surface area contributed by atoms with Crippen LogP contribution in [0.2, 0.25) is 0 Å². The Hall–Kier alpha value is -0.400. The monoisotopic (exact) mass is 291 g/mol. The van der Waals surface area contributed by atoms with Crippen molar-refractivity contribution >= 4 is 37.5 Å². The Balaban J connectivity index is 3.28. The maximum atomic E-state index is 13.0. The molecule has 0 N–H and O–H groups in total. The van der Waals surface area contributed by atoms with Gasteiger partial charge in [-0.25, -0.2) is 9.24 Å². The predicted molar refractivity (Wildman–Crippen MR) is 53.0 cm³/mol. The van der Waals surface area contributed by atoms with E-state index in [2.05, 4.69) is 36.7 Å². The number of hydrogen-bond donors (Lipinski definition) is 0. The first-order valence-electron chi connectivity index (χ1n) is 3.10. The van der Waals surface area contributed by atoms with Gasteiger partial charge in [0.1, 0.15) is 5.82 Å². The standard InChI is InChI=1S/C8H4Br2FN/c1-12-8-3-6(10)5(4-9)2-7(8)11/h2-3H,4H2. The molecule has 1 aromatic carbocycles. The molecule has 0 unspecified atom stereocenters. The molecule has 0 heterocycles. The van der Waals surface area contributed by atoms with E-state index in [4.69, 9.17) is 6.57 Å². The molecule has 0 saturated carbocycles. The summed E-state index contributed by atoms with van der Waals surface area (Å²) < 4.78 is 13.7. The van der Waals surface area contributed by atoms with Gasteiger partial charge in [0.05, 0.1) is 6.57 Å². The normalized spacial score (nSPS) is 9.50. The van der Waals surface area contributed by atoms with Crippen molar-refractivity contribution in [2.24, 2.45) is 0 Å². The van der Waals surface area contributed by atoms with Gasteiger partial charge >= 0.3 is 0 Å². The Morgan fingerprint density at radius 3 is 2.67 bits per heavy atom. The van der Waals surface area contributed by atoms with Crippen LogP contribution in [0, 0.1) is 12.4 Å². The lowest BCUT2D eigenvalue weighted by atomic mass is 10.2. The minimum Gasteiger partial charge on any atom is -0.235 e. The molecule has 1 aromatic rings. The van der Waals surface area contributed by atoms with Crippen molar-refractivity contribution in [3.8, 4) is 0 Å². The fraction of sp³-hybridized carbons (Fsp3) is 0.125. The molecule has 0 radical (unpaired) electrons. The van der Waals surface area contributed by atoms with Gasteiger partial charge in [0.2, 0.25) is 5.69 Å². The van der Waals surface area contributed by atoms with E-state index in [1.807, 2.05) is 0 Å². The number of nitrogens with zero attached hydrogens (tertiary/aromatic N) is 1. The topological polar surface area (TPSA) is 4.36 Å². The molecule has 0 aliphatic carbocycles. The summed E-state index contributed by atoms with van der Waals surface area (Å²) in [4.78, 5) is 3.04. The van der Waals surface area contributed by atoms with Gasteiger partial charge in [-0.15, -0.1) is 0 Å². The first-order chi connectivity index (χ1) is 5.69. The molecule has 12 heavy (non-hydrogen) atoms. The highest BCUT2D eigenvalue weighted by atomic mass is 79.9. The fourth-order valence-corrected chi connectivity index (χ4v) is 2.08. The summed E-state index contributed by atoms with van der Waals surface area (Å²) in [6, 6.07) is 2.84. The van der Waals surface area contributed by atoms with Gasteiger partial charge in [-0.1, -0.05) is 31.9 Å². The molecule has 0 aliphatic heterocycles. The van der Waals surface area contributed by atoms with Crippen molar-refractivity contribution in [1.29, 1.82) is 0 Å². The summed E-state index contributed by atoms with van der Waals surface area (Å²) in [5.41, 5.74) is 0.853. The number of alkyl halides is 1. The molecule has 1 nitrogen and oxygen atoms in total. The van der Waals surface area contributed by atoms with Crippen molar-refractivity contribution in [3.63, 3.8) is 0 Å². The zero-order valence-corrected chi connectivity index (χ0v) is 9.11. The van der Waals surface area contributed by atoms with E-state index in [0.29, 0.717) is 5.33 Å². The largest absolute Gasteiger partial charge is 0.235 e. The SMILES string of the molecule is [C-]#[N+]c1cc(Br)c(CBr)cc1F. The highest BCUT2D eigenvalue weighted by molar-refractivity contribution is 9.10. The van der Waals surface area contributed by atoms with E-state index in [9.17, 15) is 4.39 Å². The second-order valence-electron chi connectivity index (χ2n) is 2.14. The fourth-order valence-electron chi connectivity index (χ4n) is 0.766. The van der Waals surface area contributed by atoms with Crippen LogP contribution < -0.4 is 0 Å². The van der Waals surface area contributed by atoms with Crippen molar-refractivity contribution in [2.75, 3.05) is 0 Å². The van der Waals surface area contributed by atoms with Gasteiger partial charge in [-0.05, 0) is 17.7 Å². The number of rotatable bonds is 1. The minimum absolute atomic E-state index is 0.0478. The van der Waals surface area contributed by atoms with Crippen LogP contribution in [-0.2, 0) is 5.33 Å². The van der Waals surface area contributed by atoms with Gasteiger partial charge in [-0.2, -0.15) is 0 Å². The van der Waals surface area contributed by atoms with Gasteiger partial charge in [0, 0.05) is 9.80 Å². The lowest BCUT2D eigenvalue weighted by Gasteiger charge is -2.01. The highest BCUT2D eigenvalue weighted by Crippen LogP contribution is 2.27. The van der Waals surface area contributed by atoms with Crippen LogP contribution in [-0.4, -0.2) is 0 Å². The molecule has 1 rings (SSSR count). The van der Waals surface area contributed by atoms with Gasteiger partial charge in [0.15, 0.2) is 0 Å². The van der Waals surface area contributed by atoms with Crippen molar-refractivity contribution < 1.29 is 4.39 Å². The first-order valence-corrected chi connectivity index (χ1v) is 5.02. The first kappa shape index (κ1) is 9.69. The van der Waals surface area contributed by atoms with E-state index < -0.39 is 5.82 Å². The molecule has 0 atom stereocenters. The summed E-state index contributed by atoms with van der Waals surface area (Å²) in [7, 11) is 0. The van der Waals surface area contributed by atoms with Crippen LogP contribution in [0.4, 0.5) is 10.1 Å². The number of halogens is 3. The molecular weight excluding hydrogens is 289 g/mol. The Bertz CT molecular complexity index is 343. The van der Waals surface area contributed by atoms with Gasteiger partial charge in [-0.3, -0.25) is 0 Å². The lowest BCUT2D eigenvalue weighted by Crippen LogP contribution is -1.83. The average Bonchev–Trinajstić information content (AvgIpc) is 2.08. The van der Waals surface area contributed by atoms with E-state index >= 15 is 0 Å². The predicted octanol–water partition coefficient (Wildman–Crippen LogP) is 4.03. The average molecular weight is 293 g/mol. The zero-order chi connectivity index (χ0) is 9.14. The van der Waals surface area contributed by atoms with Crippen molar-refractivity contribution in [3.05, 3.63) is 39.4 Å². The summed E-state index contributed by atoms with van der Waals surface area (Å²) in [5.74, 6) is -0.470. The Morgan fingerprint density at radius 1 is 1.50 bits per heavy atom. The van der Waals surface area contributed by atoms with Gasteiger partial charge < -0.3 is 0 Å². The molecule has 62 valence electrons. The maximum Gasteiger partial charge on any atom is 0.223 e. The third-order valence-electron chi connectivity index (χ3n) is 1.38. The Morgan fingerprint density at radius 2 is 2.17 bits per heavy atom. The third-order valence-corrected chi connectivity index (χ3v) is 2.72. The molecule has 0 saturated heterocycles. The van der Waals surface area contributed by atoms with Crippen LogP contribution >= 0.6 is 31.9 Å². The molecule has 0 aromatic heterocycles. The van der Waals surface area contributed by atoms with Crippen molar-refractivity contribution in [2.45, 2.75) is 5.33 Å². The molecule has 0 fully saturated rings. The summed E-state index contributed by atoms with van der Waals surface area (Å²) in [6.45, 7) is 6.66. The van der Waals surface area contributed by atoms with Crippen molar-refractivity contribution in [1.82, 2.24) is 0 Å². The molecule has 0 aliphatic rings. The highest BCUT2D eigenvalue weighted by Gasteiger charge is 2.06. The van der Waals surface area contributed by atoms with Crippen LogP contribution in [0.5, 0.6) is 0 Å². The number of benzene rings is 1. The zero-order valence-electron chi connectivity index (χ0n) is 5.94. The molecular formula is C8H4Br2FN. The van der Waals surface area contributed by atoms with Crippen LogP contribution in [0.15, 0.2) is 16.6 Å². The van der Waals surface area contributed by atoms with Crippen LogP contribution in [0.1, 0.15) is 5.56 Å². The van der Waals surface area contributed by atoms with E-state index in [1.165, 1.54) is 12.1 Å². The second kappa shape index (κ2) is 4.01. The van der Waals surface area contributed by atoms with E-state index in [-0.39, 0.29) is 5.69 Å². The maximum absolute atomic E-state index is 13.0. The lowest BCUT2D eigenvalue weighted by molar-refractivity contribution is 0.632. The minimum atomic E-state index is -0.470.